The number of carbonyl (C=O) groups is 1. The number of rotatable bonds is 3. The van der Waals surface area contributed by atoms with Crippen molar-refractivity contribution in [3.63, 3.8) is 0 Å². The molecular weight excluding hydrogens is 268 g/mol. The molecule has 2 aromatic carbocycles. The van der Waals surface area contributed by atoms with Gasteiger partial charge in [-0.1, -0.05) is 42.0 Å². The Balaban J connectivity index is 2.17. The van der Waals surface area contributed by atoms with Crippen LogP contribution in [0.5, 0.6) is 0 Å². The van der Waals surface area contributed by atoms with Gasteiger partial charge in [-0.15, -0.1) is 0 Å². The molecule has 0 fully saturated rings. The number of aryl methyl sites for hydroxylation is 2. The van der Waals surface area contributed by atoms with Crippen molar-refractivity contribution >= 4 is 28.8 Å². The van der Waals surface area contributed by atoms with Gasteiger partial charge in [0.1, 0.15) is 4.99 Å². The highest BCUT2D eigenvalue weighted by molar-refractivity contribution is 7.80. The predicted octanol–water partition coefficient (Wildman–Crippen LogP) is 3.19. The average Bonchev–Trinajstić information content (AvgIpc) is 2.42. The van der Waals surface area contributed by atoms with Crippen LogP contribution in [0.25, 0.3) is 0 Å². The summed E-state index contributed by atoms with van der Waals surface area (Å²) in [4.78, 5) is 12.5. The third-order valence-corrected chi connectivity index (χ3v) is 3.30. The Morgan fingerprint density at radius 2 is 1.65 bits per heavy atom. The van der Waals surface area contributed by atoms with E-state index in [2.05, 4.69) is 5.32 Å². The van der Waals surface area contributed by atoms with Gasteiger partial charge in [-0.3, -0.25) is 4.79 Å². The van der Waals surface area contributed by atoms with Crippen LogP contribution in [-0.4, -0.2) is 10.9 Å². The third-order valence-electron chi connectivity index (χ3n) is 3.06. The van der Waals surface area contributed by atoms with Crippen molar-refractivity contribution in [3.05, 3.63) is 64.7 Å². The first kappa shape index (κ1) is 14.2. The van der Waals surface area contributed by atoms with Crippen molar-refractivity contribution in [3.8, 4) is 0 Å². The molecule has 4 heteroatoms. The summed E-state index contributed by atoms with van der Waals surface area (Å²) in [6, 6.07) is 12.8. The maximum absolute atomic E-state index is 12.2. The van der Waals surface area contributed by atoms with Gasteiger partial charge < -0.3 is 11.1 Å². The van der Waals surface area contributed by atoms with Crippen molar-refractivity contribution in [2.75, 3.05) is 5.32 Å². The summed E-state index contributed by atoms with van der Waals surface area (Å²) in [7, 11) is 0. The van der Waals surface area contributed by atoms with E-state index in [9.17, 15) is 4.79 Å². The molecule has 0 aliphatic heterocycles. The van der Waals surface area contributed by atoms with Crippen LogP contribution < -0.4 is 11.1 Å². The number of amides is 1. The predicted molar refractivity (Wildman–Crippen MR) is 86.2 cm³/mol. The van der Waals surface area contributed by atoms with E-state index < -0.39 is 0 Å². The lowest BCUT2D eigenvalue weighted by molar-refractivity contribution is 0.102. The molecule has 0 saturated carbocycles. The van der Waals surface area contributed by atoms with Crippen LogP contribution in [0.15, 0.2) is 42.5 Å². The van der Waals surface area contributed by atoms with Crippen molar-refractivity contribution in [1.82, 2.24) is 0 Å². The van der Waals surface area contributed by atoms with Gasteiger partial charge in [0.05, 0.1) is 0 Å². The molecule has 102 valence electrons. The maximum Gasteiger partial charge on any atom is 0.255 e. The summed E-state index contributed by atoms with van der Waals surface area (Å²) in [5.41, 5.74) is 9.88. The summed E-state index contributed by atoms with van der Waals surface area (Å²) in [5, 5.41) is 2.90. The van der Waals surface area contributed by atoms with Gasteiger partial charge >= 0.3 is 0 Å². The second-order valence-electron chi connectivity index (χ2n) is 4.71. The van der Waals surface area contributed by atoms with Gasteiger partial charge in [0.15, 0.2) is 0 Å². The second kappa shape index (κ2) is 5.84. The third kappa shape index (κ3) is 3.22. The van der Waals surface area contributed by atoms with E-state index in [1.807, 2.05) is 32.0 Å². The van der Waals surface area contributed by atoms with Gasteiger partial charge in [-0.2, -0.15) is 0 Å². The molecule has 0 spiro atoms. The van der Waals surface area contributed by atoms with Crippen molar-refractivity contribution < 1.29 is 4.79 Å². The SMILES string of the molecule is Cc1ccc(NC(=O)c2ccc(C(N)=S)cc2)c(C)c1. The van der Waals surface area contributed by atoms with Crippen LogP contribution in [-0.2, 0) is 0 Å². The number of carbonyl (C=O) groups excluding carboxylic acids is 1. The number of anilines is 1. The molecule has 0 radical (unpaired) electrons. The molecule has 2 rings (SSSR count). The van der Waals surface area contributed by atoms with Crippen LogP contribution in [0.1, 0.15) is 27.0 Å². The molecule has 20 heavy (non-hydrogen) atoms. The lowest BCUT2D eigenvalue weighted by Crippen LogP contribution is -2.14. The second-order valence-corrected chi connectivity index (χ2v) is 5.15. The molecule has 0 aliphatic rings. The lowest BCUT2D eigenvalue weighted by Gasteiger charge is -2.09. The first-order valence-corrected chi connectivity index (χ1v) is 6.66. The lowest BCUT2D eigenvalue weighted by atomic mass is 10.1. The number of hydrogen-bond acceptors (Lipinski definition) is 2. The topological polar surface area (TPSA) is 55.1 Å². The first-order valence-electron chi connectivity index (χ1n) is 6.26. The van der Waals surface area contributed by atoms with E-state index in [4.69, 9.17) is 18.0 Å². The zero-order valence-electron chi connectivity index (χ0n) is 11.4. The van der Waals surface area contributed by atoms with Crippen LogP contribution >= 0.6 is 12.2 Å². The highest BCUT2D eigenvalue weighted by atomic mass is 32.1. The van der Waals surface area contributed by atoms with Gasteiger partial charge in [-0.25, -0.2) is 0 Å². The van der Waals surface area contributed by atoms with E-state index in [1.54, 1.807) is 24.3 Å². The molecule has 0 atom stereocenters. The monoisotopic (exact) mass is 284 g/mol. The Morgan fingerprint density at radius 3 is 2.20 bits per heavy atom. The van der Waals surface area contributed by atoms with Crippen molar-refractivity contribution in [2.45, 2.75) is 13.8 Å². The minimum Gasteiger partial charge on any atom is -0.389 e. The number of thiocarbonyl (C=S) groups is 1. The Bertz CT molecular complexity index is 663. The fourth-order valence-electron chi connectivity index (χ4n) is 1.93. The van der Waals surface area contributed by atoms with Gasteiger partial charge in [0, 0.05) is 16.8 Å². The molecule has 1 amide bonds. The summed E-state index contributed by atoms with van der Waals surface area (Å²) < 4.78 is 0. The zero-order valence-corrected chi connectivity index (χ0v) is 12.3. The smallest absolute Gasteiger partial charge is 0.255 e. The summed E-state index contributed by atoms with van der Waals surface area (Å²) in [6.45, 7) is 3.99. The number of nitrogens with two attached hydrogens (primary N) is 1. The Kier molecular flexibility index (Phi) is 4.15. The molecule has 2 aromatic rings. The number of hydrogen-bond donors (Lipinski definition) is 2. The molecule has 0 unspecified atom stereocenters. The Labute approximate surface area is 123 Å². The summed E-state index contributed by atoms with van der Waals surface area (Å²) in [5.74, 6) is -0.147. The average molecular weight is 284 g/mol. The zero-order chi connectivity index (χ0) is 14.7. The fraction of sp³-hybridized carbons (Fsp3) is 0.125. The standard InChI is InChI=1S/C16H16N2OS/c1-10-3-8-14(11(2)9-10)18-16(19)13-6-4-12(5-7-13)15(17)20/h3-9H,1-2H3,(H2,17,20)(H,18,19). The van der Waals surface area contributed by atoms with E-state index in [0.29, 0.717) is 10.6 Å². The number of benzene rings is 2. The first-order chi connectivity index (χ1) is 9.47. The van der Waals surface area contributed by atoms with Gasteiger partial charge in [0.2, 0.25) is 0 Å². The minimum absolute atomic E-state index is 0.147. The van der Waals surface area contributed by atoms with Crippen LogP contribution in [0.3, 0.4) is 0 Å². The van der Waals surface area contributed by atoms with Crippen LogP contribution in [0, 0.1) is 13.8 Å². The van der Waals surface area contributed by atoms with Crippen molar-refractivity contribution in [1.29, 1.82) is 0 Å². The highest BCUT2D eigenvalue weighted by Gasteiger charge is 2.08. The Hall–Kier alpha value is -2.20. The van der Waals surface area contributed by atoms with Gasteiger partial charge in [0.25, 0.3) is 5.91 Å². The number of nitrogens with one attached hydrogen (secondary N) is 1. The van der Waals surface area contributed by atoms with Crippen molar-refractivity contribution in [2.24, 2.45) is 5.73 Å². The van der Waals surface area contributed by atoms with Crippen LogP contribution in [0.2, 0.25) is 0 Å². The normalized spacial score (nSPS) is 10.1. The summed E-state index contributed by atoms with van der Waals surface area (Å²) in [6.07, 6.45) is 0. The molecular formula is C16H16N2OS. The Morgan fingerprint density at radius 1 is 1.05 bits per heavy atom. The fourth-order valence-corrected chi connectivity index (χ4v) is 2.07. The van der Waals surface area contributed by atoms with E-state index in [0.717, 1.165) is 16.8 Å². The highest BCUT2D eigenvalue weighted by Crippen LogP contribution is 2.17. The molecule has 0 heterocycles. The maximum atomic E-state index is 12.2. The molecule has 0 aliphatic carbocycles. The molecule has 0 aromatic heterocycles. The molecule has 0 bridgehead atoms. The van der Waals surface area contributed by atoms with Gasteiger partial charge in [-0.05, 0) is 37.6 Å². The van der Waals surface area contributed by atoms with E-state index in [1.165, 1.54) is 5.56 Å². The molecule has 0 saturated heterocycles. The minimum atomic E-state index is -0.147. The quantitative estimate of drug-likeness (QED) is 0.851. The largest absolute Gasteiger partial charge is 0.389 e. The van der Waals surface area contributed by atoms with Crippen LogP contribution in [0.4, 0.5) is 5.69 Å². The summed E-state index contributed by atoms with van der Waals surface area (Å²) >= 11 is 4.88. The van der Waals surface area contributed by atoms with E-state index >= 15 is 0 Å². The molecule has 3 nitrogen and oxygen atoms in total. The van der Waals surface area contributed by atoms with E-state index in [-0.39, 0.29) is 5.91 Å². The molecule has 3 N–H and O–H groups in total.